The van der Waals surface area contributed by atoms with Gasteiger partial charge >= 0.3 is 7.60 Å². The Morgan fingerprint density at radius 1 is 1.10 bits per heavy atom. The van der Waals surface area contributed by atoms with E-state index in [1.807, 2.05) is 0 Å². The first-order valence-corrected chi connectivity index (χ1v) is 10.8. The minimum absolute atomic E-state index is 0.204. The molecule has 0 bridgehead atoms. The summed E-state index contributed by atoms with van der Waals surface area (Å²) in [6.07, 6.45) is 0. The molecule has 2 aromatic carbocycles. The molecule has 0 heterocycles. The van der Waals surface area contributed by atoms with Gasteiger partial charge in [-0.25, -0.2) is 8.78 Å². The number of ketones is 1. The zero-order valence-electron chi connectivity index (χ0n) is 16.5. The van der Waals surface area contributed by atoms with Crippen molar-refractivity contribution in [3.05, 3.63) is 81.7 Å². The molecule has 0 aromatic heterocycles. The van der Waals surface area contributed by atoms with Crippen LogP contribution in [0.2, 0.25) is 0 Å². The van der Waals surface area contributed by atoms with Gasteiger partial charge in [-0.05, 0) is 19.9 Å². The van der Waals surface area contributed by atoms with E-state index in [1.54, 1.807) is 6.07 Å². The first-order chi connectivity index (χ1) is 14.2. The van der Waals surface area contributed by atoms with Gasteiger partial charge < -0.3 is 9.05 Å². The fourth-order valence-electron chi connectivity index (χ4n) is 3.16. The van der Waals surface area contributed by atoms with Crippen molar-refractivity contribution in [1.29, 1.82) is 0 Å². The first kappa shape index (κ1) is 23.8. The molecule has 0 spiro atoms. The normalized spacial score (nSPS) is 14.7. The zero-order valence-corrected chi connectivity index (χ0v) is 17.4. The highest BCUT2D eigenvalue weighted by Crippen LogP contribution is 2.67. The molecule has 0 radical (unpaired) electrons. The Morgan fingerprint density at radius 3 is 2.13 bits per heavy atom. The molecular formula is C20H22F2NO6P. The average Bonchev–Trinajstić information content (AvgIpc) is 2.72. The lowest BCUT2D eigenvalue weighted by molar-refractivity contribution is -0.485. The summed E-state index contributed by atoms with van der Waals surface area (Å²) in [5.41, 5.74) is -0.676. The smallest absolute Gasteiger partial charge is 0.306 e. The topological polar surface area (TPSA) is 95.7 Å². The lowest BCUT2D eigenvalue weighted by atomic mass is 9.88. The Morgan fingerprint density at radius 2 is 1.63 bits per heavy atom. The molecule has 0 aliphatic carbocycles. The monoisotopic (exact) mass is 441 g/mol. The highest BCUT2D eigenvalue weighted by molar-refractivity contribution is 7.56. The Kier molecular flexibility index (Phi) is 7.95. The third kappa shape index (κ3) is 4.64. The number of benzene rings is 2. The van der Waals surface area contributed by atoms with Crippen LogP contribution in [0.3, 0.4) is 0 Å². The van der Waals surface area contributed by atoms with Crippen LogP contribution in [-0.4, -0.2) is 35.9 Å². The summed E-state index contributed by atoms with van der Waals surface area (Å²) in [7, 11) is -4.95. The molecule has 0 N–H and O–H groups in total. The van der Waals surface area contributed by atoms with E-state index in [0.717, 1.165) is 12.1 Å². The molecule has 0 fully saturated rings. The number of nitrogens with zero attached hydrogens (tertiary/aromatic N) is 1. The molecule has 162 valence electrons. The number of hydrogen-bond acceptors (Lipinski definition) is 6. The second-order valence-corrected chi connectivity index (χ2v) is 8.45. The number of Topliss-reactive ketones (excluding diaryl/α,β-unsaturated/α-hetero) is 1. The summed E-state index contributed by atoms with van der Waals surface area (Å²) in [6, 6.07) is 11.7. The molecule has 0 saturated carbocycles. The first-order valence-electron chi connectivity index (χ1n) is 9.25. The summed E-state index contributed by atoms with van der Waals surface area (Å²) in [6.45, 7) is 1.01. The number of rotatable bonds is 11. The van der Waals surface area contributed by atoms with Crippen molar-refractivity contribution in [2.24, 2.45) is 0 Å². The van der Waals surface area contributed by atoms with Crippen LogP contribution in [0.4, 0.5) is 8.78 Å². The van der Waals surface area contributed by atoms with Gasteiger partial charge in [-0.3, -0.25) is 19.5 Å². The average molecular weight is 441 g/mol. The van der Waals surface area contributed by atoms with Gasteiger partial charge in [0.15, 0.2) is 0 Å². The van der Waals surface area contributed by atoms with Crippen LogP contribution in [0.5, 0.6) is 0 Å². The van der Waals surface area contributed by atoms with E-state index >= 15 is 4.39 Å². The summed E-state index contributed by atoms with van der Waals surface area (Å²) >= 11 is 0. The van der Waals surface area contributed by atoms with Crippen LogP contribution in [0.25, 0.3) is 0 Å². The molecule has 10 heteroatoms. The maximum Gasteiger partial charge on any atom is 0.376 e. The molecule has 0 amide bonds. The van der Waals surface area contributed by atoms with Crippen molar-refractivity contribution < 1.29 is 32.1 Å². The predicted molar refractivity (Wildman–Crippen MR) is 106 cm³/mol. The Labute approximate surface area is 172 Å². The number of carbonyl (C=O) groups excluding carboxylic acids is 1. The molecule has 0 aliphatic rings. The van der Waals surface area contributed by atoms with Gasteiger partial charge in [-0.1, -0.05) is 48.5 Å². The summed E-state index contributed by atoms with van der Waals surface area (Å²) < 4.78 is 55.2. The minimum atomic E-state index is -4.95. The van der Waals surface area contributed by atoms with Crippen molar-refractivity contribution in [2.45, 2.75) is 25.2 Å². The fourth-order valence-corrected chi connectivity index (χ4v) is 5.27. The third-order valence-electron chi connectivity index (χ3n) is 4.43. The molecule has 2 atom stereocenters. The van der Waals surface area contributed by atoms with E-state index in [1.165, 1.54) is 50.2 Å². The largest absolute Gasteiger partial charge is 0.376 e. The maximum absolute atomic E-state index is 16.9. The lowest BCUT2D eigenvalue weighted by Crippen LogP contribution is -2.44. The van der Waals surface area contributed by atoms with Crippen LogP contribution in [-0.2, 0) is 13.6 Å². The second-order valence-electron chi connectivity index (χ2n) is 6.29. The van der Waals surface area contributed by atoms with Crippen molar-refractivity contribution in [1.82, 2.24) is 0 Å². The fraction of sp³-hybridized carbons (Fsp3) is 0.350. The number of halogens is 2. The quantitative estimate of drug-likeness (QED) is 0.211. The number of nitro groups is 1. The number of alkyl halides is 1. The van der Waals surface area contributed by atoms with Crippen molar-refractivity contribution in [3.8, 4) is 0 Å². The van der Waals surface area contributed by atoms with Crippen molar-refractivity contribution >= 4 is 13.4 Å². The molecule has 30 heavy (non-hydrogen) atoms. The molecule has 0 aliphatic heterocycles. The van der Waals surface area contributed by atoms with E-state index in [9.17, 15) is 23.9 Å². The van der Waals surface area contributed by atoms with E-state index in [4.69, 9.17) is 9.05 Å². The highest BCUT2D eigenvalue weighted by atomic mass is 31.2. The molecule has 2 aromatic rings. The van der Waals surface area contributed by atoms with Gasteiger partial charge in [-0.2, -0.15) is 0 Å². The molecule has 0 saturated heterocycles. The Hall–Kier alpha value is -2.48. The van der Waals surface area contributed by atoms with Crippen molar-refractivity contribution in [3.63, 3.8) is 0 Å². The Bertz CT molecular complexity index is 932. The van der Waals surface area contributed by atoms with E-state index in [2.05, 4.69) is 0 Å². The number of carbonyl (C=O) groups is 1. The molecule has 0 unspecified atom stereocenters. The summed E-state index contributed by atoms with van der Waals surface area (Å²) in [5, 5.41) is 7.83. The summed E-state index contributed by atoms with van der Waals surface area (Å²) in [4.78, 5) is 23.8. The standard InChI is InChI=1S/C20H22F2NO6P/c1-3-28-30(27,29-4-2)20(22,19(24)15-10-6-5-7-11-15)17(14-23(25)26)16-12-8-9-13-18(16)21/h5-13,17H,3-4,14H2,1-2H3/t17-,20-/m1/s1. The van der Waals surface area contributed by atoms with Crippen LogP contribution in [0, 0.1) is 15.9 Å². The van der Waals surface area contributed by atoms with Gasteiger partial charge in [0, 0.05) is 16.1 Å². The highest BCUT2D eigenvalue weighted by Gasteiger charge is 2.65. The van der Waals surface area contributed by atoms with Crippen LogP contribution >= 0.6 is 7.60 Å². The van der Waals surface area contributed by atoms with Gasteiger partial charge in [0.1, 0.15) is 11.7 Å². The van der Waals surface area contributed by atoms with Crippen LogP contribution in [0.1, 0.15) is 35.7 Å². The van der Waals surface area contributed by atoms with Crippen LogP contribution in [0.15, 0.2) is 54.6 Å². The van der Waals surface area contributed by atoms with E-state index in [0.29, 0.717) is 0 Å². The second kappa shape index (κ2) is 10.0. The van der Waals surface area contributed by atoms with Crippen molar-refractivity contribution in [2.75, 3.05) is 19.8 Å². The zero-order chi connectivity index (χ0) is 22.4. The Balaban J connectivity index is 2.83. The molecular weight excluding hydrogens is 419 g/mol. The van der Waals surface area contributed by atoms with Crippen LogP contribution < -0.4 is 0 Å². The molecule has 7 nitrogen and oxygen atoms in total. The van der Waals surface area contributed by atoms with Gasteiger partial charge in [0.05, 0.1) is 13.2 Å². The summed E-state index contributed by atoms with van der Waals surface area (Å²) in [5.74, 6) is -4.39. The predicted octanol–water partition coefficient (Wildman–Crippen LogP) is 5.00. The van der Waals surface area contributed by atoms with Gasteiger partial charge in [0.25, 0.3) is 5.41 Å². The SMILES string of the molecule is CCOP(=O)(OCC)[C@@](F)(C(=O)c1ccccc1)[C@H](C[N+](=O)[O-])c1ccccc1F. The number of hydrogen-bond donors (Lipinski definition) is 0. The van der Waals surface area contributed by atoms with Gasteiger partial charge in [-0.15, -0.1) is 0 Å². The maximum atomic E-state index is 16.9. The lowest BCUT2D eigenvalue weighted by Gasteiger charge is -2.35. The van der Waals surface area contributed by atoms with E-state index in [-0.39, 0.29) is 18.8 Å². The third-order valence-corrected chi connectivity index (χ3v) is 6.93. The van der Waals surface area contributed by atoms with Gasteiger partial charge in [0.2, 0.25) is 12.3 Å². The van der Waals surface area contributed by atoms with E-state index < -0.39 is 47.6 Å². The minimum Gasteiger partial charge on any atom is -0.306 e. The molecule has 2 rings (SSSR count).